The molecule has 19 heavy (non-hydrogen) atoms. The molecule has 1 aromatic carbocycles. The van der Waals surface area contributed by atoms with Crippen LogP contribution < -0.4 is 11.1 Å². The topological polar surface area (TPSA) is 68.0 Å². The van der Waals surface area contributed by atoms with Crippen molar-refractivity contribution in [3.05, 3.63) is 58.7 Å². The summed E-state index contributed by atoms with van der Waals surface area (Å²) in [4.78, 5) is 16.0. The van der Waals surface area contributed by atoms with Gasteiger partial charge >= 0.3 is 0 Å². The minimum absolute atomic E-state index is 0.129. The Morgan fingerprint density at radius 2 is 2.00 bits per heavy atom. The molecular weight excluding hydrogens is 262 g/mol. The lowest BCUT2D eigenvalue weighted by molar-refractivity contribution is -0.115. The van der Waals surface area contributed by atoms with E-state index in [1.54, 1.807) is 24.4 Å². The van der Waals surface area contributed by atoms with Crippen molar-refractivity contribution < 1.29 is 4.79 Å². The van der Waals surface area contributed by atoms with Crippen LogP contribution in [0.3, 0.4) is 0 Å². The van der Waals surface area contributed by atoms with E-state index in [4.69, 9.17) is 17.3 Å². The van der Waals surface area contributed by atoms with Gasteiger partial charge in [0.05, 0.1) is 6.42 Å². The monoisotopic (exact) mass is 275 g/mol. The Balaban J connectivity index is 2.03. The number of halogens is 1. The lowest BCUT2D eigenvalue weighted by Gasteiger charge is -2.08. The fraction of sp³-hybridized carbons (Fsp3) is 0.143. The average Bonchev–Trinajstić information content (AvgIpc) is 2.42. The number of hydrogen-bond donors (Lipinski definition) is 2. The molecule has 0 aliphatic carbocycles. The van der Waals surface area contributed by atoms with Gasteiger partial charge in [-0.25, -0.2) is 4.98 Å². The van der Waals surface area contributed by atoms with Crippen molar-refractivity contribution >= 4 is 23.3 Å². The molecule has 0 aliphatic rings. The van der Waals surface area contributed by atoms with Crippen molar-refractivity contribution in [2.45, 2.75) is 13.0 Å². The molecule has 2 rings (SSSR count). The van der Waals surface area contributed by atoms with Gasteiger partial charge in [0, 0.05) is 23.3 Å². The van der Waals surface area contributed by atoms with Crippen molar-refractivity contribution in [3.8, 4) is 0 Å². The highest BCUT2D eigenvalue weighted by molar-refractivity contribution is 6.30. The molecule has 1 heterocycles. The molecule has 0 saturated carbocycles. The third-order valence-corrected chi connectivity index (χ3v) is 2.90. The van der Waals surface area contributed by atoms with Gasteiger partial charge in [-0.3, -0.25) is 4.79 Å². The van der Waals surface area contributed by atoms with Crippen LogP contribution in [0.5, 0.6) is 0 Å². The molecule has 0 spiro atoms. The Kier molecular flexibility index (Phi) is 4.49. The zero-order valence-corrected chi connectivity index (χ0v) is 11.0. The Hall–Kier alpha value is -1.91. The summed E-state index contributed by atoms with van der Waals surface area (Å²) in [5, 5.41) is 3.41. The number of nitrogens with one attached hydrogen (secondary N) is 1. The Morgan fingerprint density at radius 1 is 1.26 bits per heavy atom. The molecule has 1 aromatic heterocycles. The lowest BCUT2D eigenvalue weighted by atomic mass is 10.1. The van der Waals surface area contributed by atoms with E-state index in [-0.39, 0.29) is 12.3 Å². The fourth-order valence-corrected chi connectivity index (χ4v) is 1.81. The van der Waals surface area contributed by atoms with Crippen LogP contribution in [-0.2, 0) is 17.8 Å². The van der Waals surface area contributed by atoms with E-state index in [2.05, 4.69) is 10.3 Å². The SMILES string of the molecule is NCc1cccnc1NC(=O)Cc1ccc(Cl)cc1. The first-order chi connectivity index (χ1) is 9.19. The second-order valence-corrected chi connectivity index (χ2v) is 4.50. The molecule has 0 radical (unpaired) electrons. The van der Waals surface area contributed by atoms with Gasteiger partial charge in [-0.05, 0) is 23.8 Å². The highest BCUT2D eigenvalue weighted by Gasteiger charge is 2.07. The summed E-state index contributed by atoms with van der Waals surface area (Å²) in [5.41, 5.74) is 7.30. The van der Waals surface area contributed by atoms with Gasteiger partial charge in [-0.1, -0.05) is 29.8 Å². The van der Waals surface area contributed by atoms with E-state index >= 15 is 0 Å². The number of pyridine rings is 1. The normalized spacial score (nSPS) is 10.2. The van der Waals surface area contributed by atoms with Crippen molar-refractivity contribution in [2.24, 2.45) is 5.73 Å². The van der Waals surface area contributed by atoms with E-state index in [0.29, 0.717) is 17.4 Å². The van der Waals surface area contributed by atoms with Gasteiger partial charge in [-0.15, -0.1) is 0 Å². The molecule has 4 nitrogen and oxygen atoms in total. The van der Waals surface area contributed by atoms with Crippen LogP contribution in [0.25, 0.3) is 0 Å². The third kappa shape index (κ3) is 3.77. The van der Waals surface area contributed by atoms with Crippen molar-refractivity contribution in [3.63, 3.8) is 0 Å². The largest absolute Gasteiger partial charge is 0.326 e. The number of carbonyl (C=O) groups excluding carboxylic acids is 1. The summed E-state index contributed by atoms with van der Waals surface area (Å²) in [6.07, 6.45) is 1.90. The Morgan fingerprint density at radius 3 is 2.68 bits per heavy atom. The minimum Gasteiger partial charge on any atom is -0.326 e. The molecule has 0 bridgehead atoms. The number of carbonyl (C=O) groups is 1. The fourth-order valence-electron chi connectivity index (χ4n) is 1.68. The van der Waals surface area contributed by atoms with Crippen LogP contribution in [0, 0.1) is 0 Å². The summed E-state index contributed by atoms with van der Waals surface area (Å²) >= 11 is 5.79. The zero-order chi connectivity index (χ0) is 13.7. The molecule has 0 atom stereocenters. The van der Waals surface area contributed by atoms with Crippen LogP contribution in [0.15, 0.2) is 42.6 Å². The standard InChI is InChI=1S/C14H14ClN3O/c15-12-5-3-10(4-6-12)8-13(19)18-14-11(9-16)2-1-7-17-14/h1-7H,8-9,16H2,(H,17,18,19). The first-order valence-electron chi connectivity index (χ1n) is 5.87. The molecule has 0 aliphatic heterocycles. The maximum Gasteiger partial charge on any atom is 0.229 e. The lowest BCUT2D eigenvalue weighted by Crippen LogP contribution is -2.17. The first kappa shape index (κ1) is 13.5. The molecule has 0 saturated heterocycles. The number of hydrogen-bond acceptors (Lipinski definition) is 3. The summed E-state index contributed by atoms with van der Waals surface area (Å²) in [7, 11) is 0. The molecule has 3 N–H and O–H groups in total. The highest BCUT2D eigenvalue weighted by atomic mass is 35.5. The molecule has 5 heteroatoms. The van der Waals surface area contributed by atoms with Gasteiger partial charge in [0.1, 0.15) is 5.82 Å². The average molecular weight is 276 g/mol. The number of rotatable bonds is 4. The number of anilines is 1. The van der Waals surface area contributed by atoms with Crippen molar-refractivity contribution in [1.29, 1.82) is 0 Å². The third-order valence-electron chi connectivity index (χ3n) is 2.65. The van der Waals surface area contributed by atoms with Crippen LogP contribution in [-0.4, -0.2) is 10.9 Å². The molecule has 0 unspecified atom stereocenters. The minimum atomic E-state index is -0.129. The predicted octanol–water partition coefficient (Wildman–Crippen LogP) is 2.37. The molecule has 1 amide bonds. The molecular formula is C14H14ClN3O. The number of nitrogens with two attached hydrogens (primary N) is 1. The van der Waals surface area contributed by atoms with E-state index in [0.717, 1.165) is 11.1 Å². The second kappa shape index (κ2) is 6.31. The van der Waals surface area contributed by atoms with E-state index < -0.39 is 0 Å². The number of nitrogens with zero attached hydrogens (tertiary/aromatic N) is 1. The Labute approximate surface area is 116 Å². The predicted molar refractivity (Wildman–Crippen MR) is 75.9 cm³/mol. The summed E-state index contributed by atoms with van der Waals surface area (Å²) in [5.74, 6) is 0.389. The van der Waals surface area contributed by atoms with E-state index in [1.807, 2.05) is 18.2 Å². The quantitative estimate of drug-likeness (QED) is 0.900. The van der Waals surface area contributed by atoms with E-state index in [9.17, 15) is 4.79 Å². The molecule has 0 fully saturated rings. The van der Waals surface area contributed by atoms with Crippen LogP contribution in [0.2, 0.25) is 5.02 Å². The number of benzene rings is 1. The first-order valence-corrected chi connectivity index (χ1v) is 6.25. The van der Waals surface area contributed by atoms with Crippen LogP contribution in [0.4, 0.5) is 5.82 Å². The van der Waals surface area contributed by atoms with Gasteiger partial charge in [0.2, 0.25) is 5.91 Å². The van der Waals surface area contributed by atoms with Crippen LogP contribution in [0.1, 0.15) is 11.1 Å². The summed E-state index contributed by atoms with van der Waals surface area (Å²) in [6, 6.07) is 10.8. The van der Waals surface area contributed by atoms with Gasteiger partial charge in [0.25, 0.3) is 0 Å². The summed E-state index contributed by atoms with van der Waals surface area (Å²) < 4.78 is 0. The van der Waals surface area contributed by atoms with Crippen LogP contribution >= 0.6 is 11.6 Å². The zero-order valence-electron chi connectivity index (χ0n) is 10.3. The van der Waals surface area contributed by atoms with Gasteiger partial charge in [-0.2, -0.15) is 0 Å². The highest BCUT2D eigenvalue weighted by Crippen LogP contribution is 2.13. The smallest absolute Gasteiger partial charge is 0.229 e. The van der Waals surface area contributed by atoms with E-state index in [1.165, 1.54) is 0 Å². The molecule has 98 valence electrons. The summed E-state index contributed by atoms with van der Waals surface area (Å²) in [6.45, 7) is 0.338. The van der Waals surface area contributed by atoms with Crippen molar-refractivity contribution in [2.75, 3.05) is 5.32 Å². The van der Waals surface area contributed by atoms with Gasteiger partial charge < -0.3 is 11.1 Å². The molecule has 2 aromatic rings. The maximum absolute atomic E-state index is 11.9. The maximum atomic E-state index is 11.9. The second-order valence-electron chi connectivity index (χ2n) is 4.07. The number of aromatic nitrogens is 1. The van der Waals surface area contributed by atoms with Gasteiger partial charge in [0.15, 0.2) is 0 Å². The van der Waals surface area contributed by atoms with Crippen molar-refractivity contribution in [1.82, 2.24) is 4.98 Å². The Bertz CT molecular complexity index is 569. The number of amides is 1.